The van der Waals surface area contributed by atoms with Crippen LogP contribution in [-0.2, 0) is 14.8 Å². The second-order valence-corrected chi connectivity index (χ2v) is 7.35. The summed E-state index contributed by atoms with van der Waals surface area (Å²) in [5.74, 6) is -0.285. The predicted octanol–water partition coefficient (Wildman–Crippen LogP) is 1.79. The van der Waals surface area contributed by atoms with Gasteiger partial charge in [-0.3, -0.25) is 4.79 Å². The molecule has 0 heterocycles. The summed E-state index contributed by atoms with van der Waals surface area (Å²) in [6.07, 6.45) is 1.94. The van der Waals surface area contributed by atoms with Crippen molar-refractivity contribution in [1.82, 2.24) is 10.0 Å². The van der Waals surface area contributed by atoms with Gasteiger partial charge in [0.15, 0.2) is 0 Å². The van der Waals surface area contributed by atoms with Gasteiger partial charge < -0.3 is 5.32 Å². The molecule has 5 nitrogen and oxygen atoms in total. The first-order valence-electron chi connectivity index (χ1n) is 7.27. The summed E-state index contributed by atoms with van der Waals surface area (Å²) >= 11 is 0. The average Bonchev–Trinajstić information content (AvgIpc) is 3.30. The molecule has 0 spiro atoms. The van der Waals surface area contributed by atoms with E-state index in [1.165, 1.54) is 0 Å². The number of carbonyl (C=O) groups is 1. The van der Waals surface area contributed by atoms with Crippen LogP contribution in [0.2, 0.25) is 0 Å². The van der Waals surface area contributed by atoms with Crippen molar-refractivity contribution < 1.29 is 13.2 Å². The highest BCUT2D eigenvalue weighted by atomic mass is 32.2. The molecule has 1 aliphatic carbocycles. The smallest absolute Gasteiger partial charge is 0.241 e. The van der Waals surface area contributed by atoms with Crippen molar-refractivity contribution in [3.63, 3.8) is 0 Å². The fourth-order valence-corrected chi connectivity index (χ4v) is 3.48. The molecule has 116 valence electrons. The van der Waals surface area contributed by atoms with Gasteiger partial charge in [0.05, 0.1) is 10.9 Å². The van der Waals surface area contributed by atoms with E-state index in [-0.39, 0.29) is 16.8 Å². The standard InChI is InChI=1S/C16H18N2O3S/c1-11(16(19)17-14-7-8-14)18-22(20,21)15-9-6-12-4-2-3-5-13(12)10-15/h2-6,9-11,14,18H,7-8H2,1H3,(H,17,19)/t11-/m0/s1. The molecule has 6 heteroatoms. The van der Waals surface area contributed by atoms with Gasteiger partial charge in [-0.25, -0.2) is 8.42 Å². The highest BCUT2D eigenvalue weighted by Crippen LogP contribution is 2.20. The summed E-state index contributed by atoms with van der Waals surface area (Å²) in [4.78, 5) is 12.0. The predicted molar refractivity (Wildman–Crippen MR) is 84.9 cm³/mol. The Balaban J connectivity index is 1.79. The van der Waals surface area contributed by atoms with E-state index in [1.54, 1.807) is 25.1 Å². The summed E-state index contributed by atoms with van der Waals surface area (Å²) in [7, 11) is -3.72. The van der Waals surface area contributed by atoms with Crippen LogP contribution in [0.15, 0.2) is 47.4 Å². The first kappa shape index (κ1) is 15.0. The summed E-state index contributed by atoms with van der Waals surface area (Å²) in [5, 5.41) is 4.61. The van der Waals surface area contributed by atoms with E-state index in [4.69, 9.17) is 0 Å². The van der Waals surface area contributed by atoms with E-state index in [0.29, 0.717) is 0 Å². The fraction of sp³-hybridized carbons (Fsp3) is 0.312. The quantitative estimate of drug-likeness (QED) is 0.882. The van der Waals surface area contributed by atoms with Crippen LogP contribution in [0.25, 0.3) is 10.8 Å². The van der Waals surface area contributed by atoms with Gasteiger partial charge in [-0.15, -0.1) is 0 Å². The number of rotatable bonds is 5. The van der Waals surface area contributed by atoms with Gasteiger partial charge >= 0.3 is 0 Å². The zero-order valence-electron chi connectivity index (χ0n) is 12.2. The molecule has 2 aromatic carbocycles. The zero-order chi connectivity index (χ0) is 15.7. The Labute approximate surface area is 129 Å². The summed E-state index contributed by atoms with van der Waals surface area (Å²) in [5.41, 5.74) is 0. The van der Waals surface area contributed by atoms with E-state index in [1.807, 2.05) is 24.3 Å². The third-order valence-electron chi connectivity index (χ3n) is 3.68. The minimum absolute atomic E-state index is 0.164. The number of sulfonamides is 1. The second kappa shape index (κ2) is 5.70. The van der Waals surface area contributed by atoms with Gasteiger partial charge in [0.1, 0.15) is 0 Å². The molecule has 1 atom stereocenters. The first-order chi connectivity index (χ1) is 10.5. The lowest BCUT2D eigenvalue weighted by atomic mass is 10.1. The van der Waals surface area contributed by atoms with Crippen molar-refractivity contribution in [3.05, 3.63) is 42.5 Å². The number of benzene rings is 2. The van der Waals surface area contributed by atoms with Crippen molar-refractivity contribution >= 4 is 26.7 Å². The molecule has 1 saturated carbocycles. The number of amides is 1. The molecular formula is C16H18N2O3S. The average molecular weight is 318 g/mol. The molecule has 0 saturated heterocycles. The van der Waals surface area contributed by atoms with Crippen LogP contribution in [-0.4, -0.2) is 26.4 Å². The Morgan fingerprint density at radius 3 is 2.50 bits per heavy atom. The molecule has 0 unspecified atom stereocenters. The van der Waals surface area contributed by atoms with Gasteiger partial charge in [-0.05, 0) is 42.7 Å². The monoisotopic (exact) mass is 318 g/mol. The number of carbonyl (C=O) groups excluding carboxylic acids is 1. The lowest BCUT2D eigenvalue weighted by molar-refractivity contribution is -0.122. The van der Waals surface area contributed by atoms with E-state index in [0.717, 1.165) is 23.6 Å². The molecular weight excluding hydrogens is 300 g/mol. The molecule has 1 aliphatic rings. The van der Waals surface area contributed by atoms with Crippen LogP contribution in [0.5, 0.6) is 0 Å². The molecule has 0 bridgehead atoms. The Morgan fingerprint density at radius 2 is 1.82 bits per heavy atom. The maximum absolute atomic E-state index is 12.4. The van der Waals surface area contributed by atoms with E-state index in [9.17, 15) is 13.2 Å². The van der Waals surface area contributed by atoms with Crippen LogP contribution in [0.4, 0.5) is 0 Å². The Bertz CT molecular complexity index is 813. The van der Waals surface area contributed by atoms with Crippen LogP contribution < -0.4 is 10.0 Å². The van der Waals surface area contributed by atoms with E-state index in [2.05, 4.69) is 10.0 Å². The van der Waals surface area contributed by atoms with Gasteiger partial charge in [0, 0.05) is 6.04 Å². The van der Waals surface area contributed by atoms with Gasteiger partial charge in [-0.1, -0.05) is 30.3 Å². The minimum Gasteiger partial charge on any atom is -0.352 e. The van der Waals surface area contributed by atoms with Crippen LogP contribution in [0, 0.1) is 0 Å². The molecule has 3 rings (SSSR count). The lowest BCUT2D eigenvalue weighted by Crippen LogP contribution is -2.45. The third kappa shape index (κ3) is 3.28. The van der Waals surface area contributed by atoms with Crippen molar-refractivity contribution in [1.29, 1.82) is 0 Å². The summed E-state index contributed by atoms with van der Waals surface area (Å²) in [6, 6.07) is 11.9. The van der Waals surface area contributed by atoms with Crippen molar-refractivity contribution in [2.45, 2.75) is 36.7 Å². The normalized spacial score (nSPS) is 16.4. The molecule has 1 fully saturated rings. The minimum atomic E-state index is -3.72. The maximum Gasteiger partial charge on any atom is 0.241 e. The second-order valence-electron chi connectivity index (χ2n) is 5.63. The van der Waals surface area contributed by atoms with Crippen LogP contribution >= 0.6 is 0 Å². The van der Waals surface area contributed by atoms with Gasteiger partial charge in [-0.2, -0.15) is 4.72 Å². The maximum atomic E-state index is 12.4. The Kier molecular flexibility index (Phi) is 3.88. The molecule has 2 N–H and O–H groups in total. The molecule has 22 heavy (non-hydrogen) atoms. The third-order valence-corrected chi connectivity index (χ3v) is 5.22. The largest absolute Gasteiger partial charge is 0.352 e. The number of hydrogen-bond donors (Lipinski definition) is 2. The number of fused-ring (bicyclic) bond motifs is 1. The highest BCUT2D eigenvalue weighted by molar-refractivity contribution is 7.89. The molecule has 0 aromatic heterocycles. The summed E-state index contributed by atoms with van der Waals surface area (Å²) in [6.45, 7) is 1.55. The van der Waals surface area contributed by atoms with Crippen molar-refractivity contribution in [2.24, 2.45) is 0 Å². The molecule has 1 amide bonds. The zero-order valence-corrected chi connectivity index (χ0v) is 13.1. The molecule has 0 radical (unpaired) electrons. The lowest BCUT2D eigenvalue weighted by Gasteiger charge is -2.14. The van der Waals surface area contributed by atoms with Crippen LogP contribution in [0.1, 0.15) is 19.8 Å². The molecule has 0 aliphatic heterocycles. The van der Waals surface area contributed by atoms with Gasteiger partial charge in [0.25, 0.3) is 0 Å². The fourth-order valence-electron chi connectivity index (χ4n) is 2.24. The van der Waals surface area contributed by atoms with Crippen molar-refractivity contribution in [2.75, 3.05) is 0 Å². The Hall–Kier alpha value is -1.92. The van der Waals surface area contributed by atoms with Gasteiger partial charge in [0.2, 0.25) is 15.9 Å². The highest BCUT2D eigenvalue weighted by Gasteiger charge is 2.28. The number of hydrogen-bond acceptors (Lipinski definition) is 3. The summed E-state index contributed by atoms with van der Waals surface area (Å²) < 4.78 is 27.2. The Morgan fingerprint density at radius 1 is 1.14 bits per heavy atom. The topological polar surface area (TPSA) is 75.3 Å². The van der Waals surface area contributed by atoms with E-state index >= 15 is 0 Å². The van der Waals surface area contributed by atoms with Crippen molar-refractivity contribution in [3.8, 4) is 0 Å². The van der Waals surface area contributed by atoms with Crippen LogP contribution in [0.3, 0.4) is 0 Å². The van der Waals surface area contributed by atoms with E-state index < -0.39 is 16.1 Å². The number of nitrogens with one attached hydrogen (secondary N) is 2. The SMILES string of the molecule is C[C@H](NS(=O)(=O)c1ccc2ccccc2c1)C(=O)NC1CC1. The molecule has 2 aromatic rings. The first-order valence-corrected chi connectivity index (χ1v) is 8.75.